The predicted octanol–water partition coefficient (Wildman–Crippen LogP) is 4.30. The molecule has 0 fully saturated rings. The Morgan fingerprint density at radius 2 is 2.00 bits per heavy atom. The van der Waals surface area contributed by atoms with Crippen LogP contribution in [-0.2, 0) is 17.9 Å². The van der Waals surface area contributed by atoms with E-state index < -0.39 is 0 Å². The predicted molar refractivity (Wildman–Crippen MR) is 129 cm³/mol. The van der Waals surface area contributed by atoms with E-state index >= 15 is 0 Å². The fourth-order valence-electron chi connectivity index (χ4n) is 3.26. The summed E-state index contributed by atoms with van der Waals surface area (Å²) in [6.45, 7) is 2.99. The van der Waals surface area contributed by atoms with Crippen LogP contribution in [-0.4, -0.2) is 39.4 Å². The number of hydrogen-bond acceptors (Lipinski definition) is 7. The van der Waals surface area contributed by atoms with Gasteiger partial charge in [-0.2, -0.15) is 0 Å². The molecule has 8 nitrogen and oxygen atoms in total. The molecule has 2 amide bonds. The number of hydrogen-bond donors (Lipinski definition) is 1. The van der Waals surface area contributed by atoms with Crippen LogP contribution in [0.4, 0.5) is 5.69 Å². The average Bonchev–Trinajstić information content (AvgIpc) is 3.61. The third kappa shape index (κ3) is 5.18. The lowest BCUT2D eigenvalue weighted by Crippen LogP contribution is -2.31. The monoisotopic (exact) mass is 481 g/mol. The highest BCUT2D eigenvalue weighted by Crippen LogP contribution is 2.28. The van der Waals surface area contributed by atoms with Gasteiger partial charge in [-0.05, 0) is 42.6 Å². The lowest BCUT2D eigenvalue weighted by Gasteiger charge is -2.20. The highest BCUT2D eigenvalue weighted by Gasteiger charge is 2.20. The molecule has 170 valence electrons. The van der Waals surface area contributed by atoms with Crippen LogP contribution in [0.1, 0.15) is 23.0 Å². The fourth-order valence-corrected chi connectivity index (χ4v) is 4.89. The molecule has 3 aromatic heterocycles. The minimum absolute atomic E-state index is 0.144. The molecule has 0 bridgehead atoms. The van der Waals surface area contributed by atoms with E-state index in [1.807, 2.05) is 29.0 Å². The third-order valence-corrected chi connectivity index (χ3v) is 6.80. The molecule has 0 spiro atoms. The number of nitrogens with zero attached hydrogens (tertiary/aromatic N) is 4. The topological polar surface area (TPSA) is 93.3 Å². The third-order valence-electron chi connectivity index (χ3n) is 4.99. The van der Waals surface area contributed by atoms with Gasteiger partial charge in [0.2, 0.25) is 5.91 Å². The van der Waals surface area contributed by atoms with E-state index in [1.165, 1.54) is 16.7 Å². The Morgan fingerprint density at radius 1 is 1.15 bits per heavy atom. The Hall–Kier alpha value is -3.37. The molecule has 4 aromatic rings. The van der Waals surface area contributed by atoms with Gasteiger partial charge in [0.05, 0.1) is 34.7 Å². The SMILES string of the molecule is CCn1c(SCC(=O)N(C)c2ccccc2C(=O)NCc2ccco2)nnc1-c1cccs1. The molecule has 3 heterocycles. The number of para-hydroxylation sites is 1. The molecule has 1 N–H and O–H groups in total. The Labute approximate surface area is 199 Å². The van der Waals surface area contributed by atoms with Crippen molar-refractivity contribution in [3.63, 3.8) is 0 Å². The highest BCUT2D eigenvalue weighted by atomic mass is 32.2. The maximum Gasteiger partial charge on any atom is 0.253 e. The Bertz CT molecular complexity index is 1220. The lowest BCUT2D eigenvalue weighted by molar-refractivity contribution is -0.115. The van der Waals surface area contributed by atoms with Crippen molar-refractivity contribution in [2.24, 2.45) is 0 Å². The first-order valence-electron chi connectivity index (χ1n) is 10.3. The summed E-state index contributed by atoms with van der Waals surface area (Å²) in [4.78, 5) is 28.3. The summed E-state index contributed by atoms with van der Waals surface area (Å²) in [5.41, 5.74) is 0.956. The van der Waals surface area contributed by atoms with Gasteiger partial charge in [0, 0.05) is 13.6 Å². The number of thioether (sulfide) groups is 1. The van der Waals surface area contributed by atoms with Crippen LogP contribution < -0.4 is 10.2 Å². The molecule has 10 heteroatoms. The number of nitrogens with one attached hydrogen (secondary N) is 1. The molecule has 0 aliphatic rings. The minimum atomic E-state index is -0.277. The molecule has 4 rings (SSSR count). The van der Waals surface area contributed by atoms with Gasteiger partial charge in [0.25, 0.3) is 5.91 Å². The number of amides is 2. The summed E-state index contributed by atoms with van der Waals surface area (Å²) >= 11 is 2.93. The van der Waals surface area contributed by atoms with Crippen LogP contribution in [0.5, 0.6) is 0 Å². The summed E-state index contributed by atoms with van der Waals surface area (Å²) in [5.74, 6) is 1.20. The first kappa shape index (κ1) is 22.8. The van der Waals surface area contributed by atoms with Crippen molar-refractivity contribution >= 4 is 40.6 Å². The minimum Gasteiger partial charge on any atom is -0.467 e. The van der Waals surface area contributed by atoms with Crippen molar-refractivity contribution in [2.75, 3.05) is 17.7 Å². The molecule has 0 atom stereocenters. The molecule has 33 heavy (non-hydrogen) atoms. The van der Waals surface area contributed by atoms with E-state index in [2.05, 4.69) is 15.5 Å². The van der Waals surface area contributed by atoms with E-state index in [0.717, 1.165) is 10.7 Å². The molecule has 1 aromatic carbocycles. The van der Waals surface area contributed by atoms with E-state index in [-0.39, 0.29) is 24.1 Å². The largest absolute Gasteiger partial charge is 0.467 e. The van der Waals surface area contributed by atoms with E-state index in [1.54, 1.807) is 61.0 Å². The summed E-state index contributed by atoms with van der Waals surface area (Å²) < 4.78 is 7.26. The van der Waals surface area contributed by atoms with Gasteiger partial charge in [0.1, 0.15) is 5.76 Å². The number of anilines is 1. The number of carbonyl (C=O) groups excluding carboxylic acids is 2. The Morgan fingerprint density at radius 3 is 2.73 bits per heavy atom. The second-order valence-electron chi connectivity index (χ2n) is 7.05. The first-order chi connectivity index (χ1) is 16.1. The van der Waals surface area contributed by atoms with Crippen LogP contribution in [0.3, 0.4) is 0 Å². The molecule has 0 aliphatic heterocycles. The van der Waals surface area contributed by atoms with Crippen molar-refractivity contribution in [1.29, 1.82) is 0 Å². The normalized spacial score (nSPS) is 10.8. The van der Waals surface area contributed by atoms with Gasteiger partial charge in [0.15, 0.2) is 11.0 Å². The molecular weight excluding hydrogens is 458 g/mol. The van der Waals surface area contributed by atoms with Gasteiger partial charge < -0.3 is 19.2 Å². The summed E-state index contributed by atoms with van der Waals surface area (Å²) in [7, 11) is 1.67. The molecule has 0 saturated heterocycles. The average molecular weight is 482 g/mol. The van der Waals surface area contributed by atoms with Crippen LogP contribution in [0.2, 0.25) is 0 Å². The number of thiophene rings is 1. The van der Waals surface area contributed by atoms with Gasteiger partial charge >= 0.3 is 0 Å². The van der Waals surface area contributed by atoms with Crippen molar-refractivity contribution in [3.05, 3.63) is 71.5 Å². The number of rotatable bonds is 9. The summed E-state index contributed by atoms with van der Waals surface area (Å²) in [6, 6.07) is 14.6. The smallest absolute Gasteiger partial charge is 0.253 e. The van der Waals surface area contributed by atoms with Gasteiger partial charge in [-0.25, -0.2) is 0 Å². The zero-order valence-electron chi connectivity index (χ0n) is 18.2. The Balaban J connectivity index is 1.43. The number of benzene rings is 1. The van der Waals surface area contributed by atoms with Gasteiger partial charge in [-0.1, -0.05) is 30.0 Å². The number of carbonyl (C=O) groups is 2. The van der Waals surface area contributed by atoms with Crippen LogP contribution in [0.15, 0.2) is 69.7 Å². The zero-order chi connectivity index (χ0) is 23.2. The standard InChI is InChI=1S/C23H23N5O3S2/c1-3-28-21(19-11-7-13-32-19)25-26-23(28)33-15-20(29)27(2)18-10-5-4-9-17(18)22(30)24-14-16-8-6-12-31-16/h4-13H,3,14-15H2,1-2H3,(H,24,30). The lowest BCUT2D eigenvalue weighted by atomic mass is 10.1. The van der Waals surface area contributed by atoms with Crippen molar-refractivity contribution in [2.45, 2.75) is 25.2 Å². The maximum absolute atomic E-state index is 13.0. The number of furan rings is 1. The van der Waals surface area contributed by atoms with Gasteiger partial charge in [-0.3, -0.25) is 9.59 Å². The molecule has 0 unspecified atom stereocenters. The van der Waals surface area contributed by atoms with Crippen LogP contribution >= 0.6 is 23.1 Å². The maximum atomic E-state index is 13.0. The number of aromatic nitrogens is 3. The fraction of sp³-hybridized carbons (Fsp3) is 0.217. The van der Waals surface area contributed by atoms with Crippen molar-refractivity contribution in [1.82, 2.24) is 20.1 Å². The summed E-state index contributed by atoms with van der Waals surface area (Å²) in [5, 5.41) is 14.1. The molecule has 0 radical (unpaired) electrons. The molecule has 0 saturated carbocycles. The van der Waals surface area contributed by atoms with E-state index in [9.17, 15) is 9.59 Å². The molecule has 0 aliphatic carbocycles. The second kappa shape index (κ2) is 10.5. The second-order valence-corrected chi connectivity index (χ2v) is 8.94. The molecular formula is C23H23N5O3S2. The zero-order valence-corrected chi connectivity index (χ0v) is 19.9. The van der Waals surface area contributed by atoms with E-state index in [4.69, 9.17) is 4.42 Å². The first-order valence-corrected chi connectivity index (χ1v) is 12.2. The van der Waals surface area contributed by atoms with Crippen molar-refractivity contribution in [3.8, 4) is 10.7 Å². The van der Waals surface area contributed by atoms with E-state index in [0.29, 0.717) is 28.7 Å². The quantitative estimate of drug-likeness (QED) is 0.358. The van der Waals surface area contributed by atoms with Crippen LogP contribution in [0, 0.1) is 0 Å². The van der Waals surface area contributed by atoms with Crippen LogP contribution in [0.25, 0.3) is 10.7 Å². The van der Waals surface area contributed by atoms with Gasteiger partial charge in [-0.15, -0.1) is 21.5 Å². The van der Waals surface area contributed by atoms with Crippen molar-refractivity contribution < 1.29 is 14.0 Å². The highest BCUT2D eigenvalue weighted by molar-refractivity contribution is 7.99. The Kier molecular flexibility index (Phi) is 7.26. The summed E-state index contributed by atoms with van der Waals surface area (Å²) in [6.07, 6.45) is 1.56.